The zero-order valence-electron chi connectivity index (χ0n) is 7.90. The van der Waals surface area contributed by atoms with Gasteiger partial charge in [0, 0.05) is 6.20 Å². The summed E-state index contributed by atoms with van der Waals surface area (Å²) in [4.78, 5) is 18.3. The van der Waals surface area contributed by atoms with Crippen LogP contribution in [0.4, 0.5) is 0 Å². The van der Waals surface area contributed by atoms with Gasteiger partial charge in [0.05, 0.1) is 18.0 Å². The molecular formula is C9H5N5O2. The van der Waals surface area contributed by atoms with Crippen LogP contribution in [-0.4, -0.2) is 30.8 Å². The quantitative estimate of drug-likeness (QED) is 0.768. The van der Waals surface area contributed by atoms with Crippen molar-refractivity contribution in [2.45, 2.75) is 0 Å². The fraction of sp³-hybridized carbons (Fsp3) is 0. The van der Waals surface area contributed by atoms with Crippen LogP contribution in [0.15, 0.2) is 24.7 Å². The van der Waals surface area contributed by atoms with Crippen LogP contribution >= 0.6 is 0 Å². The first-order chi connectivity index (χ1) is 7.70. The van der Waals surface area contributed by atoms with E-state index in [0.717, 1.165) is 0 Å². The first kappa shape index (κ1) is 9.79. The van der Waals surface area contributed by atoms with Crippen LogP contribution in [-0.2, 0) is 0 Å². The molecule has 7 heteroatoms. The van der Waals surface area contributed by atoms with Gasteiger partial charge in [0.15, 0.2) is 5.69 Å². The minimum atomic E-state index is -1.14. The fourth-order valence-electron chi connectivity index (χ4n) is 1.07. The van der Waals surface area contributed by atoms with E-state index in [1.165, 1.54) is 29.3 Å². The molecule has 2 rings (SSSR count). The Labute approximate surface area is 89.6 Å². The number of aromatic nitrogens is 4. The number of hydrogen-bond acceptors (Lipinski definition) is 5. The molecule has 2 aromatic heterocycles. The lowest BCUT2D eigenvalue weighted by Gasteiger charge is -1.99. The third-order valence-electron chi connectivity index (χ3n) is 1.78. The summed E-state index contributed by atoms with van der Waals surface area (Å²) in [6.45, 7) is 0. The number of hydrogen-bond donors (Lipinski definition) is 1. The molecule has 0 unspecified atom stereocenters. The second kappa shape index (κ2) is 3.78. The maximum Gasteiger partial charge on any atom is 0.354 e. The van der Waals surface area contributed by atoms with E-state index in [0.29, 0.717) is 5.56 Å². The SMILES string of the molecule is N#Cc1cnn(-c2nccc(C(=O)O)n2)c1. The van der Waals surface area contributed by atoms with E-state index in [-0.39, 0.29) is 11.6 Å². The van der Waals surface area contributed by atoms with Gasteiger partial charge in [-0.25, -0.2) is 19.4 Å². The van der Waals surface area contributed by atoms with Gasteiger partial charge in [0.1, 0.15) is 6.07 Å². The van der Waals surface area contributed by atoms with E-state index >= 15 is 0 Å². The summed E-state index contributed by atoms with van der Waals surface area (Å²) in [5.41, 5.74) is 0.225. The molecular weight excluding hydrogens is 210 g/mol. The van der Waals surface area contributed by atoms with E-state index in [4.69, 9.17) is 10.4 Å². The fourth-order valence-corrected chi connectivity index (χ4v) is 1.07. The maximum atomic E-state index is 10.7. The minimum absolute atomic E-state index is 0.112. The smallest absolute Gasteiger partial charge is 0.354 e. The van der Waals surface area contributed by atoms with Crippen LogP contribution in [0.25, 0.3) is 5.95 Å². The molecule has 0 saturated heterocycles. The van der Waals surface area contributed by atoms with E-state index < -0.39 is 5.97 Å². The van der Waals surface area contributed by atoms with Crippen molar-refractivity contribution in [3.05, 3.63) is 35.9 Å². The van der Waals surface area contributed by atoms with Gasteiger partial charge in [-0.2, -0.15) is 10.4 Å². The highest BCUT2D eigenvalue weighted by Crippen LogP contribution is 2.03. The standard InChI is InChI=1S/C9H5N5O2/c10-3-6-4-12-14(5-6)9-11-2-1-7(13-9)8(15)16/h1-2,4-5H,(H,15,16). The van der Waals surface area contributed by atoms with Crippen molar-refractivity contribution >= 4 is 5.97 Å². The highest BCUT2D eigenvalue weighted by atomic mass is 16.4. The van der Waals surface area contributed by atoms with Gasteiger partial charge in [0.25, 0.3) is 5.95 Å². The molecule has 2 heterocycles. The summed E-state index contributed by atoms with van der Waals surface area (Å²) in [7, 11) is 0. The van der Waals surface area contributed by atoms with Crippen LogP contribution in [0.3, 0.4) is 0 Å². The van der Waals surface area contributed by atoms with Crippen LogP contribution in [0.5, 0.6) is 0 Å². The molecule has 0 aliphatic carbocycles. The molecule has 2 aromatic rings. The topological polar surface area (TPSA) is 105 Å². The van der Waals surface area contributed by atoms with E-state index in [1.54, 1.807) is 0 Å². The van der Waals surface area contributed by atoms with Gasteiger partial charge in [-0.3, -0.25) is 0 Å². The summed E-state index contributed by atoms with van der Waals surface area (Å²) in [6, 6.07) is 3.18. The number of nitrogens with zero attached hydrogens (tertiary/aromatic N) is 5. The molecule has 0 bridgehead atoms. The number of carboxylic acids is 1. The van der Waals surface area contributed by atoms with Crippen molar-refractivity contribution in [3.63, 3.8) is 0 Å². The third-order valence-corrected chi connectivity index (χ3v) is 1.78. The Morgan fingerprint density at radius 1 is 1.56 bits per heavy atom. The zero-order valence-corrected chi connectivity index (χ0v) is 7.90. The molecule has 0 aliphatic heterocycles. The summed E-state index contributed by atoms with van der Waals surface area (Å²) in [6.07, 6.45) is 4.08. The first-order valence-corrected chi connectivity index (χ1v) is 4.22. The van der Waals surface area contributed by atoms with Crippen molar-refractivity contribution in [2.75, 3.05) is 0 Å². The molecule has 16 heavy (non-hydrogen) atoms. The lowest BCUT2D eigenvalue weighted by atomic mass is 10.4. The lowest BCUT2D eigenvalue weighted by Crippen LogP contribution is -2.07. The third kappa shape index (κ3) is 1.72. The van der Waals surface area contributed by atoms with Gasteiger partial charge in [-0.1, -0.05) is 0 Å². The van der Waals surface area contributed by atoms with E-state index in [9.17, 15) is 4.79 Å². The number of aromatic carboxylic acids is 1. The van der Waals surface area contributed by atoms with Crippen molar-refractivity contribution in [3.8, 4) is 12.0 Å². The molecule has 0 fully saturated rings. The summed E-state index contributed by atoms with van der Waals surface area (Å²) in [5, 5.41) is 21.2. The van der Waals surface area contributed by atoms with Gasteiger partial charge in [-0.15, -0.1) is 0 Å². The predicted octanol–water partition coefficient (Wildman–Crippen LogP) is 0.232. The summed E-state index contributed by atoms with van der Waals surface area (Å²) in [5.74, 6) is -1.03. The lowest BCUT2D eigenvalue weighted by molar-refractivity contribution is 0.0690. The zero-order chi connectivity index (χ0) is 11.5. The molecule has 7 nitrogen and oxygen atoms in total. The number of carboxylic acid groups (broad SMARTS) is 1. The van der Waals surface area contributed by atoms with Crippen molar-refractivity contribution in [2.24, 2.45) is 0 Å². The second-order valence-corrected chi connectivity index (χ2v) is 2.83. The van der Waals surface area contributed by atoms with Crippen LogP contribution in [0.1, 0.15) is 16.1 Å². The Balaban J connectivity index is 2.44. The molecule has 0 aromatic carbocycles. The first-order valence-electron chi connectivity index (χ1n) is 4.22. The largest absolute Gasteiger partial charge is 0.477 e. The average molecular weight is 215 g/mol. The van der Waals surface area contributed by atoms with Gasteiger partial charge in [0.2, 0.25) is 0 Å². The Hall–Kier alpha value is -2.75. The monoisotopic (exact) mass is 215 g/mol. The summed E-state index contributed by atoms with van der Waals surface area (Å²) >= 11 is 0. The number of rotatable bonds is 2. The van der Waals surface area contributed by atoms with E-state index in [1.807, 2.05) is 6.07 Å². The second-order valence-electron chi connectivity index (χ2n) is 2.83. The molecule has 0 aliphatic rings. The summed E-state index contributed by atoms with van der Waals surface area (Å²) < 4.78 is 1.24. The molecule has 0 saturated carbocycles. The Kier molecular flexibility index (Phi) is 2.31. The molecule has 1 N–H and O–H groups in total. The van der Waals surface area contributed by atoms with Gasteiger partial charge >= 0.3 is 5.97 Å². The highest BCUT2D eigenvalue weighted by molar-refractivity contribution is 5.85. The van der Waals surface area contributed by atoms with Crippen molar-refractivity contribution in [1.29, 1.82) is 5.26 Å². The minimum Gasteiger partial charge on any atom is -0.477 e. The molecule has 0 radical (unpaired) electrons. The average Bonchev–Trinajstić information content (AvgIpc) is 2.77. The van der Waals surface area contributed by atoms with Crippen LogP contribution in [0.2, 0.25) is 0 Å². The number of carbonyl (C=O) groups is 1. The van der Waals surface area contributed by atoms with Crippen LogP contribution < -0.4 is 0 Å². The Morgan fingerprint density at radius 2 is 2.38 bits per heavy atom. The predicted molar refractivity (Wildman–Crippen MR) is 50.8 cm³/mol. The molecule has 0 amide bonds. The Morgan fingerprint density at radius 3 is 3.00 bits per heavy atom. The maximum absolute atomic E-state index is 10.7. The van der Waals surface area contributed by atoms with Crippen molar-refractivity contribution < 1.29 is 9.90 Å². The highest BCUT2D eigenvalue weighted by Gasteiger charge is 2.08. The van der Waals surface area contributed by atoms with Crippen molar-refractivity contribution in [1.82, 2.24) is 19.7 Å². The van der Waals surface area contributed by atoms with Gasteiger partial charge < -0.3 is 5.11 Å². The molecule has 78 valence electrons. The van der Waals surface area contributed by atoms with Crippen LogP contribution in [0, 0.1) is 11.3 Å². The number of nitriles is 1. The normalized spacial score (nSPS) is 9.69. The molecule has 0 spiro atoms. The van der Waals surface area contributed by atoms with E-state index in [2.05, 4.69) is 15.1 Å². The van der Waals surface area contributed by atoms with Gasteiger partial charge in [-0.05, 0) is 6.07 Å². The Bertz CT molecular complexity index is 584. The molecule has 0 atom stereocenters.